The number of halogens is 6. The molecule has 3 aromatic carbocycles. The Morgan fingerprint density at radius 1 is 0.791 bits per heavy atom. The number of ether oxygens (including phenoxy) is 2. The summed E-state index contributed by atoms with van der Waals surface area (Å²) in [5.74, 6) is -0.448. The van der Waals surface area contributed by atoms with Crippen LogP contribution in [0.5, 0.6) is 11.5 Å². The Morgan fingerprint density at radius 3 is 1.95 bits per heavy atom. The fourth-order valence-electron chi connectivity index (χ4n) is 4.57. The highest BCUT2D eigenvalue weighted by molar-refractivity contribution is 7.92. The number of rotatable bonds is 8. The molecule has 1 fully saturated rings. The maximum Gasteiger partial charge on any atom is 0.416 e. The van der Waals surface area contributed by atoms with Gasteiger partial charge >= 0.3 is 12.4 Å². The summed E-state index contributed by atoms with van der Waals surface area (Å²) in [4.78, 5) is 16.0. The van der Waals surface area contributed by atoms with E-state index in [2.05, 4.69) is 0 Å². The predicted molar refractivity (Wildman–Crippen MR) is 146 cm³/mol. The Balaban J connectivity index is 1.61. The highest BCUT2D eigenvalue weighted by Gasteiger charge is 2.35. The third-order valence-electron chi connectivity index (χ3n) is 6.85. The van der Waals surface area contributed by atoms with Crippen molar-refractivity contribution in [3.63, 3.8) is 0 Å². The molecule has 1 amide bonds. The van der Waals surface area contributed by atoms with Gasteiger partial charge in [-0.3, -0.25) is 9.10 Å². The smallest absolute Gasteiger partial charge is 0.416 e. The lowest BCUT2D eigenvalue weighted by Crippen LogP contribution is -2.52. The van der Waals surface area contributed by atoms with E-state index >= 15 is 0 Å². The van der Waals surface area contributed by atoms with Crippen molar-refractivity contribution in [3.05, 3.63) is 77.9 Å². The maximum absolute atomic E-state index is 13.8. The van der Waals surface area contributed by atoms with Crippen molar-refractivity contribution in [1.29, 1.82) is 0 Å². The van der Waals surface area contributed by atoms with Gasteiger partial charge in [0.2, 0.25) is 5.91 Å². The molecule has 232 valence electrons. The van der Waals surface area contributed by atoms with Crippen molar-refractivity contribution < 1.29 is 49.0 Å². The second-order valence-corrected chi connectivity index (χ2v) is 11.4. The first-order valence-corrected chi connectivity index (χ1v) is 14.2. The maximum atomic E-state index is 13.8. The summed E-state index contributed by atoms with van der Waals surface area (Å²) in [7, 11) is -2.00. The Morgan fingerprint density at radius 2 is 1.37 bits per heavy atom. The van der Waals surface area contributed by atoms with Crippen LogP contribution in [0.4, 0.5) is 37.7 Å². The van der Waals surface area contributed by atoms with Crippen LogP contribution in [0, 0.1) is 0 Å². The molecule has 15 heteroatoms. The SMILES string of the molecule is COc1ccc(S(=O)(=O)N(CC(=O)N2CCN(c3cccc(C(F)(F)F)c3)CC2)c2cccc(C(F)(F)F)c2)cc1OC. The van der Waals surface area contributed by atoms with Crippen LogP contribution >= 0.6 is 0 Å². The minimum atomic E-state index is -4.78. The lowest BCUT2D eigenvalue weighted by atomic mass is 10.1. The number of anilines is 2. The molecular weight excluding hydrogens is 604 g/mol. The van der Waals surface area contributed by atoms with E-state index in [0.717, 1.165) is 36.4 Å². The molecule has 0 saturated carbocycles. The van der Waals surface area contributed by atoms with Gasteiger partial charge in [-0.15, -0.1) is 0 Å². The molecular formula is C28H27F6N3O5S. The van der Waals surface area contributed by atoms with E-state index in [4.69, 9.17) is 9.47 Å². The number of sulfonamides is 1. The van der Waals surface area contributed by atoms with E-state index in [1.54, 1.807) is 4.90 Å². The number of carbonyl (C=O) groups is 1. The average Bonchev–Trinajstić information content (AvgIpc) is 2.98. The summed E-state index contributed by atoms with van der Waals surface area (Å²) in [5, 5.41) is 0. The summed E-state index contributed by atoms with van der Waals surface area (Å²) in [5.41, 5.74) is -2.01. The van der Waals surface area contributed by atoms with Crippen molar-refractivity contribution in [2.75, 3.05) is 56.1 Å². The summed E-state index contributed by atoms with van der Waals surface area (Å²) in [6, 6.07) is 12.0. The highest BCUT2D eigenvalue weighted by atomic mass is 32.2. The molecule has 43 heavy (non-hydrogen) atoms. The van der Waals surface area contributed by atoms with Crippen LogP contribution in [0.25, 0.3) is 0 Å². The van der Waals surface area contributed by atoms with Gasteiger partial charge in [-0.2, -0.15) is 26.3 Å². The van der Waals surface area contributed by atoms with E-state index in [1.165, 1.54) is 43.4 Å². The Hall–Kier alpha value is -4.14. The summed E-state index contributed by atoms with van der Waals surface area (Å²) in [6.45, 7) is -0.441. The fraction of sp³-hybridized carbons (Fsp3) is 0.321. The van der Waals surface area contributed by atoms with Gasteiger partial charge in [-0.25, -0.2) is 8.42 Å². The van der Waals surface area contributed by atoms with Gasteiger partial charge in [-0.1, -0.05) is 12.1 Å². The van der Waals surface area contributed by atoms with Crippen molar-refractivity contribution >= 4 is 27.3 Å². The van der Waals surface area contributed by atoms with Gasteiger partial charge in [0.15, 0.2) is 11.5 Å². The molecule has 1 saturated heterocycles. The Bertz CT molecular complexity index is 1570. The largest absolute Gasteiger partial charge is 0.493 e. The molecule has 0 aliphatic carbocycles. The zero-order valence-corrected chi connectivity index (χ0v) is 23.8. The molecule has 1 heterocycles. The highest BCUT2D eigenvalue weighted by Crippen LogP contribution is 2.36. The summed E-state index contributed by atoms with van der Waals surface area (Å²) < 4.78 is 119. The van der Waals surface area contributed by atoms with E-state index in [0.29, 0.717) is 16.1 Å². The van der Waals surface area contributed by atoms with Gasteiger partial charge in [0.1, 0.15) is 6.54 Å². The van der Waals surface area contributed by atoms with E-state index in [9.17, 15) is 39.6 Å². The quantitative estimate of drug-likeness (QED) is 0.315. The molecule has 8 nitrogen and oxygen atoms in total. The predicted octanol–water partition coefficient (Wildman–Crippen LogP) is 5.29. The summed E-state index contributed by atoms with van der Waals surface area (Å²) >= 11 is 0. The van der Waals surface area contributed by atoms with E-state index in [1.807, 2.05) is 0 Å². The number of hydrogen-bond donors (Lipinski definition) is 0. The van der Waals surface area contributed by atoms with Crippen LogP contribution in [0.3, 0.4) is 0 Å². The lowest BCUT2D eigenvalue weighted by molar-refractivity contribution is -0.138. The minimum Gasteiger partial charge on any atom is -0.493 e. The molecule has 4 rings (SSSR count). The van der Waals surface area contributed by atoms with Gasteiger partial charge in [0.05, 0.1) is 35.9 Å². The number of hydrogen-bond acceptors (Lipinski definition) is 6. The molecule has 0 spiro atoms. The second kappa shape index (κ2) is 12.2. The van der Waals surface area contributed by atoms with Gasteiger partial charge < -0.3 is 19.3 Å². The van der Waals surface area contributed by atoms with Crippen LogP contribution in [-0.2, 0) is 27.2 Å². The third-order valence-corrected chi connectivity index (χ3v) is 8.62. The van der Waals surface area contributed by atoms with Gasteiger partial charge in [-0.05, 0) is 48.5 Å². The van der Waals surface area contributed by atoms with Crippen molar-refractivity contribution in [2.45, 2.75) is 17.2 Å². The Labute approximate surface area is 244 Å². The van der Waals surface area contributed by atoms with Crippen molar-refractivity contribution in [3.8, 4) is 11.5 Å². The summed E-state index contributed by atoms with van der Waals surface area (Å²) in [6.07, 6.45) is -9.31. The van der Waals surface area contributed by atoms with Crippen LogP contribution in [0.15, 0.2) is 71.6 Å². The first-order chi connectivity index (χ1) is 20.1. The second-order valence-electron chi connectivity index (χ2n) is 9.49. The molecule has 3 aromatic rings. The van der Waals surface area contributed by atoms with Crippen molar-refractivity contribution in [2.24, 2.45) is 0 Å². The zero-order valence-electron chi connectivity index (χ0n) is 22.9. The Kier molecular flexibility index (Phi) is 9.04. The first kappa shape index (κ1) is 31.8. The number of piperazine rings is 1. The van der Waals surface area contributed by atoms with Crippen LogP contribution in [-0.4, -0.2) is 66.2 Å². The molecule has 0 unspecified atom stereocenters. The third kappa shape index (κ3) is 7.09. The number of methoxy groups -OCH3 is 2. The minimum absolute atomic E-state index is 0.0436. The first-order valence-electron chi connectivity index (χ1n) is 12.8. The topological polar surface area (TPSA) is 79.4 Å². The fourth-order valence-corrected chi connectivity index (χ4v) is 5.99. The molecule has 0 radical (unpaired) electrons. The standard InChI is InChI=1S/C28H27F6N3O5S/c1-41-24-10-9-23(17-25(24)42-2)43(39,40)37(22-8-4-6-20(16-22)28(32,33)34)18-26(38)36-13-11-35(12-14-36)21-7-3-5-19(15-21)27(29,30)31/h3-10,15-17H,11-14,18H2,1-2H3. The molecule has 0 atom stereocenters. The van der Waals surface area contributed by atoms with E-state index in [-0.39, 0.29) is 48.3 Å². The number of benzene rings is 3. The molecule has 0 N–H and O–H groups in total. The number of nitrogens with zero attached hydrogens (tertiary/aromatic N) is 3. The number of carbonyl (C=O) groups excluding carboxylic acids is 1. The van der Waals surface area contributed by atoms with Crippen molar-refractivity contribution in [1.82, 2.24) is 4.90 Å². The van der Waals surface area contributed by atoms with Gasteiger partial charge in [0, 0.05) is 37.9 Å². The number of alkyl halides is 6. The average molecular weight is 632 g/mol. The molecule has 1 aliphatic heterocycles. The number of amides is 1. The molecule has 0 bridgehead atoms. The zero-order chi connectivity index (χ0) is 31.6. The van der Waals surface area contributed by atoms with E-state index < -0.39 is 46.0 Å². The molecule has 0 aromatic heterocycles. The lowest BCUT2D eigenvalue weighted by Gasteiger charge is -2.37. The molecule has 1 aliphatic rings. The van der Waals surface area contributed by atoms with Crippen LogP contribution in [0.1, 0.15) is 11.1 Å². The van der Waals surface area contributed by atoms with Crippen LogP contribution in [0.2, 0.25) is 0 Å². The normalized spacial score (nSPS) is 14.4. The van der Waals surface area contributed by atoms with Crippen LogP contribution < -0.4 is 18.7 Å². The van der Waals surface area contributed by atoms with Gasteiger partial charge in [0.25, 0.3) is 10.0 Å². The monoisotopic (exact) mass is 631 g/mol.